The zero-order valence-corrected chi connectivity index (χ0v) is 20.8. The molecule has 0 atom stereocenters. The summed E-state index contributed by atoms with van der Waals surface area (Å²) in [6, 6.07) is 18.9. The van der Waals surface area contributed by atoms with Crippen molar-refractivity contribution in [2.24, 2.45) is 0 Å². The maximum absolute atomic E-state index is 12.7. The van der Waals surface area contributed by atoms with Gasteiger partial charge in [-0.15, -0.1) is 11.3 Å². The summed E-state index contributed by atoms with van der Waals surface area (Å²) in [7, 11) is 3.19. The summed E-state index contributed by atoms with van der Waals surface area (Å²) in [6.07, 6.45) is 1.70. The number of pyridine rings is 1. The van der Waals surface area contributed by atoms with Gasteiger partial charge in [0.05, 0.1) is 26.3 Å². The van der Waals surface area contributed by atoms with E-state index in [4.69, 9.17) is 18.9 Å². The number of fused-ring (bicyclic) bond motifs is 2. The number of ether oxygens (including phenoxy) is 4. The molecule has 7 nitrogen and oxygen atoms in total. The highest BCUT2D eigenvalue weighted by atomic mass is 32.1. The second-order valence-electron chi connectivity index (χ2n) is 7.86. The van der Waals surface area contributed by atoms with E-state index in [-0.39, 0.29) is 5.91 Å². The average molecular weight is 501 g/mol. The molecule has 1 amide bonds. The molecule has 0 bridgehead atoms. The third kappa shape index (κ3) is 4.63. The summed E-state index contributed by atoms with van der Waals surface area (Å²) in [5.74, 6) is 2.96. The molecule has 0 radical (unpaired) electrons. The molecule has 3 aromatic carbocycles. The number of thiophene rings is 1. The van der Waals surface area contributed by atoms with Crippen molar-refractivity contribution in [3.8, 4) is 28.7 Å². The molecule has 0 aliphatic rings. The highest BCUT2D eigenvalue weighted by molar-refractivity contribution is 7.12. The molecule has 2 aromatic heterocycles. The molecule has 0 aliphatic carbocycles. The van der Waals surface area contributed by atoms with Crippen LogP contribution < -0.4 is 24.3 Å². The first-order valence-electron chi connectivity index (χ1n) is 11.3. The number of aromatic nitrogens is 1. The van der Waals surface area contributed by atoms with E-state index in [1.165, 1.54) is 11.3 Å². The highest BCUT2D eigenvalue weighted by Crippen LogP contribution is 2.37. The molecule has 5 rings (SSSR count). The van der Waals surface area contributed by atoms with Gasteiger partial charge in [0.2, 0.25) is 0 Å². The second-order valence-corrected chi connectivity index (χ2v) is 8.78. The summed E-state index contributed by atoms with van der Waals surface area (Å²) < 4.78 is 22.6. The first kappa shape index (κ1) is 23.4. The number of hydrogen-bond acceptors (Lipinski definition) is 7. The molecular formula is C28H24N2O5S. The molecule has 2 heterocycles. The lowest BCUT2D eigenvalue weighted by Crippen LogP contribution is -2.11. The zero-order chi connectivity index (χ0) is 25.1. The van der Waals surface area contributed by atoms with Crippen LogP contribution in [0.3, 0.4) is 0 Å². The van der Waals surface area contributed by atoms with Gasteiger partial charge in [-0.25, -0.2) is 0 Å². The Morgan fingerprint density at radius 3 is 2.47 bits per heavy atom. The first-order valence-corrected chi connectivity index (χ1v) is 12.2. The van der Waals surface area contributed by atoms with Crippen LogP contribution in [0, 0.1) is 0 Å². The normalized spacial score (nSPS) is 10.9. The Morgan fingerprint density at radius 1 is 0.889 bits per heavy atom. The lowest BCUT2D eigenvalue weighted by atomic mass is 10.1. The van der Waals surface area contributed by atoms with Crippen molar-refractivity contribution >= 4 is 44.6 Å². The van der Waals surface area contributed by atoms with Gasteiger partial charge in [-0.3, -0.25) is 9.78 Å². The third-order valence-corrected chi connectivity index (χ3v) is 6.53. The fourth-order valence-corrected chi connectivity index (χ4v) is 4.68. The van der Waals surface area contributed by atoms with Gasteiger partial charge in [0.25, 0.3) is 5.91 Å². The minimum Gasteiger partial charge on any atom is -0.493 e. The molecule has 0 saturated carbocycles. The van der Waals surface area contributed by atoms with E-state index in [2.05, 4.69) is 10.3 Å². The fourth-order valence-electron chi connectivity index (χ4n) is 3.95. The number of carbonyl (C=O) groups is 1. The monoisotopic (exact) mass is 500 g/mol. The van der Waals surface area contributed by atoms with Crippen LogP contribution in [-0.4, -0.2) is 31.7 Å². The van der Waals surface area contributed by atoms with Crippen molar-refractivity contribution in [2.75, 3.05) is 26.1 Å². The molecule has 1 N–H and O–H groups in total. The molecule has 0 fully saturated rings. The van der Waals surface area contributed by atoms with Gasteiger partial charge in [-0.2, -0.15) is 0 Å². The van der Waals surface area contributed by atoms with Gasteiger partial charge in [-0.05, 0) is 65.5 Å². The number of nitrogens with one attached hydrogen (secondary N) is 1. The van der Waals surface area contributed by atoms with E-state index in [1.54, 1.807) is 20.4 Å². The zero-order valence-electron chi connectivity index (χ0n) is 20.0. The summed E-state index contributed by atoms with van der Waals surface area (Å²) in [6.45, 7) is 2.40. The maximum Gasteiger partial charge on any atom is 0.269 e. The van der Waals surface area contributed by atoms with Crippen molar-refractivity contribution in [3.05, 3.63) is 77.1 Å². The van der Waals surface area contributed by atoms with Gasteiger partial charge in [-0.1, -0.05) is 12.1 Å². The summed E-state index contributed by atoms with van der Waals surface area (Å²) in [5, 5.41) is 7.58. The molecule has 8 heteroatoms. The molecule has 182 valence electrons. The van der Waals surface area contributed by atoms with Crippen LogP contribution in [0.15, 0.2) is 72.2 Å². The van der Waals surface area contributed by atoms with Crippen LogP contribution in [0.5, 0.6) is 28.7 Å². The smallest absolute Gasteiger partial charge is 0.269 e. The topological polar surface area (TPSA) is 78.9 Å². The van der Waals surface area contributed by atoms with Crippen molar-refractivity contribution < 1.29 is 23.7 Å². The minimum atomic E-state index is -0.190. The summed E-state index contributed by atoms with van der Waals surface area (Å²) in [4.78, 5) is 17.7. The van der Waals surface area contributed by atoms with E-state index in [0.717, 1.165) is 21.7 Å². The summed E-state index contributed by atoms with van der Waals surface area (Å²) >= 11 is 1.36. The number of carbonyl (C=O) groups excluding carboxylic acids is 1. The lowest BCUT2D eigenvalue weighted by molar-refractivity contribution is 0.102. The molecule has 0 saturated heterocycles. The Hall–Kier alpha value is -4.30. The van der Waals surface area contributed by atoms with Gasteiger partial charge < -0.3 is 24.3 Å². The Balaban J connectivity index is 1.39. The van der Waals surface area contributed by atoms with Crippen LogP contribution in [0.1, 0.15) is 16.6 Å². The van der Waals surface area contributed by atoms with Gasteiger partial charge in [0, 0.05) is 23.3 Å². The maximum atomic E-state index is 12.7. The molecule has 36 heavy (non-hydrogen) atoms. The minimum absolute atomic E-state index is 0.190. The van der Waals surface area contributed by atoms with Gasteiger partial charge >= 0.3 is 0 Å². The molecular weight excluding hydrogens is 476 g/mol. The Labute approximate surface area is 212 Å². The van der Waals surface area contributed by atoms with Crippen molar-refractivity contribution in [1.82, 2.24) is 4.98 Å². The number of rotatable bonds is 8. The molecule has 0 spiro atoms. The van der Waals surface area contributed by atoms with Crippen molar-refractivity contribution in [2.45, 2.75) is 6.92 Å². The fraction of sp³-hybridized carbons (Fsp3) is 0.143. The molecule has 0 aliphatic heterocycles. The van der Waals surface area contributed by atoms with Crippen molar-refractivity contribution in [1.29, 1.82) is 0 Å². The van der Waals surface area contributed by atoms with Crippen LogP contribution in [-0.2, 0) is 0 Å². The third-order valence-electron chi connectivity index (χ3n) is 5.64. The summed E-state index contributed by atoms with van der Waals surface area (Å²) in [5.41, 5.74) is 1.45. The number of amides is 1. The number of anilines is 1. The van der Waals surface area contributed by atoms with Crippen LogP contribution in [0.2, 0.25) is 0 Å². The lowest BCUT2D eigenvalue weighted by Gasteiger charge is -2.13. The van der Waals surface area contributed by atoms with Gasteiger partial charge in [0.1, 0.15) is 22.1 Å². The standard InChI is InChI=1S/C28H24N2O5S/c1-4-34-24-10-12-36-27(24)28(31)30-19-7-5-18-14-20(8-6-17(18)13-19)35-23-9-11-29-22-16-26(33-3)25(32-2)15-21(22)23/h5-16H,4H2,1-3H3,(H,30,31). The van der Waals surface area contributed by atoms with Crippen molar-refractivity contribution in [3.63, 3.8) is 0 Å². The average Bonchev–Trinajstić information content (AvgIpc) is 3.37. The van der Waals surface area contributed by atoms with Crippen LogP contribution in [0.25, 0.3) is 21.7 Å². The Morgan fingerprint density at radius 2 is 1.67 bits per heavy atom. The number of hydrogen-bond donors (Lipinski definition) is 1. The number of benzene rings is 3. The van der Waals surface area contributed by atoms with E-state index in [9.17, 15) is 4.79 Å². The number of methoxy groups -OCH3 is 2. The molecule has 5 aromatic rings. The van der Waals surface area contributed by atoms with Crippen LogP contribution >= 0.6 is 11.3 Å². The molecule has 0 unspecified atom stereocenters. The van der Waals surface area contributed by atoms with E-state index < -0.39 is 0 Å². The first-order chi connectivity index (χ1) is 17.6. The largest absolute Gasteiger partial charge is 0.493 e. The predicted octanol–water partition coefficient (Wildman–Crippen LogP) is 6.91. The highest BCUT2D eigenvalue weighted by Gasteiger charge is 2.15. The SMILES string of the molecule is CCOc1ccsc1C(=O)Nc1ccc2cc(Oc3ccnc4cc(OC)c(OC)cc34)ccc2c1. The van der Waals surface area contributed by atoms with E-state index in [1.807, 2.05) is 73.0 Å². The second kappa shape index (κ2) is 10.1. The predicted molar refractivity (Wildman–Crippen MR) is 142 cm³/mol. The van der Waals surface area contributed by atoms with Crippen LogP contribution in [0.4, 0.5) is 5.69 Å². The van der Waals surface area contributed by atoms with E-state index >= 15 is 0 Å². The van der Waals surface area contributed by atoms with E-state index in [0.29, 0.717) is 45.9 Å². The Kier molecular flexibility index (Phi) is 6.60. The van der Waals surface area contributed by atoms with Gasteiger partial charge in [0.15, 0.2) is 11.5 Å². The quantitative estimate of drug-likeness (QED) is 0.249. The Bertz CT molecular complexity index is 1560. The number of nitrogens with zero attached hydrogens (tertiary/aromatic N) is 1.